The molecule has 2 N–H and O–H groups in total. The van der Waals surface area contributed by atoms with Crippen molar-refractivity contribution in [2.24, 2.45) is 0 Å². The molecule has 6 heteroatoms. The van der Waals surface area contributed by atoms with Gasteiger partial charge in [-0.05, 0) is 17.7 Å². The Morgan fingerprint density at radius 2 is 2.10 bits per heavy atom. The number of nitrogens with one attached hydrogen (secondary N) is 1. The summed E-state index contributed by atoms with van der Waals surface area (Å²) in [6.07, 6.45) is -5.64. The minimum absolute atomic E-state index is 0.0120. The summed E-state index contributed by atoms with van der Waals surface area (Å²) in [6, 6.07) is 7.02. The van der Waals surface area contributed by atoms with Gasteiger partial charge in [0.15, 0.2) is 0 Å². The molecule has 0 spiro atoms. The van der Waals surface area contributed by atoms with Crippen LogP contribution in [0.15, 0.2) is 24.3 Å². The van der Waals surface area contributed by atoms with E-state index in [0.29, 0.717) is 6.42 Å². The molecule has 1 rings (SSSR count). The smallest absolute Gasteiger partial charge is 0.389 e. The van der Waals surface area contributed by atoms with Gasteiger partial charge in [-0.2, -0.15) is 13.2 Å². The normalized spacial score (nSPS) is 10.7. The van der Waals surface area contributed by atoms with E-state index in [1.807, 2.05) is 0 Å². The number of hydrogen-bond donors (Lipinski definition) is 2. The van der Waals surface area contributed by atoms with E-state index in [2.05, 4.69) is 17.2 Å². The van der Waals surface area contributed by atoms with Gasteiger partial charge in [0.05, 0.1) is 13.0 Å². The zero-order valence-corrected chi connectivity index (χ0v) is 11.3. The Morgan fingerprint density at radius 3 is 2.76 bits per heavy atom. The Bertz CT molecular complexity index is 530. The van der Waals surface area contributed by atoms with Crippen LogP contribution in [0.5, 0.6) is 0 Å². The third kappa shape index (κ3) is 8.00. The first-order valence-electron chi connectivity index (χ1n) is 6.43. The second kappa shape index (κ2) is 8.32. The number of carbonyl (C=O) groups excluding carboxylic acids is 1. The summed E-state index contributed by atoms with van der Waals surface area (Å²) in [7, 11) is 0. The molecule has 0 unspecified atom stereocenters. The number of rotatable bonds is 5. The zero-order valence-electron chi connectivity index (χ0n) is 11.3. The molecule has 1 aromatic rings. The minimum atomic E-state index is -4.32. The number of hydrogen-bond acceptors (Lipinski definition) is 2. The van der Waals surface area contributed by atoms with E-state index in [1.54, 1.807) is 24.3 Å². The summed E-state index contributed by atoms with van der Waals surface area (Å²) in [4.78, 5) is 11.3. The van der Waals surface area contributed by atoms with Gasteiger partial charge in [-0.15, -0.1) is 0 Å². The highest BCUT2D eigenvalue weighted by molar-refractivity contribution is 5.75. The molecule has 0 radical (unpaired) electrons. The van der Waals surface area contributed by atoms with Crippen molar-refractivity contribution in [1.29, 1.82) is 0 Å². The molecule has 0 aliphatic heterocycles. The first kappa shape index (κ1) is 17.1. The summed E-state index contributed by atoms with van der Waals surface area (Å²) in [5.74, 6) is 4.98. The van der Waals surface area contributed by atoms with Crippen LogP contribution in [-0.4, -0.2) is 23.8 Å². The van der Waals surface area contributed by atoms with Crippen LogP contribution >= 0.6 is 0 Å². The third-order valence-corrected chi connectivity index (χ3v) is 2.52. The number of aliphatic hydroxyl groups is 1. The molecule has 0 heterocycles. The van der Waals surface area contributed by atoms with Gasteiger partial charge in [0.25, 0.3) is 0 Å². The Labute approximate surface area is 121 Å². The Kier molecular flexibility index (Phi) is 6.76. The van der Waals surface area contributed by atoms with E-state index in [1.165, 1.54) is 0 Å². The molecular weight excluding hydrogens is 283 g/mol. The van der Waals surface area contributed by atoms with E-state index < -0.39 is 24.9 Å². The Balaban J connectivity index is 2.47. The molecule has 114 valence electrons. The van der Waals surface area contributed by atoms with E-state index in [-0.39, 0.29) is 13.2 Å². The maximum Gasteiger partial charge on any atom is 0.389 e. The van der Waals surface area contributed by atoms with Crippen LogP contribution in [0.4, 0.5) is 13.2 Å². The molecule has 0 fully saturated rings. The maximum atomic E-state index is 12.0. The van der Waals surface area contributed by atoms with Gasteiger partial charge < -0.3 is 10.4 Å². The molecular formula is C15H16F3NO2. The molecule has 0 aliphatic rings. The summed E-state index contributed by atoms with van der Waals surface area (Å²) < 4.78 is 35.9. The van der Waals surface area contributed by atoms with Crippen LogP contribution in [-0.2, 0) is 11.3 Å². The highest BCUT2D eigenvalue weighted by Gasteiger charge is 2.27. The van der Waals surface area contributed by atoms with E-state index in [4.69, 9.17) is 5.11 Å². The fourth-order valence-corrected chi connectivity index (χ4v) is 1.52. The van der Waals surface area contributed by atoms with Crippen LogP contribution in [0.25, 0.3) is 0 Å². The number of aliphatic hydroxyl groups excluding tert-OH is 1. The zero-order chi connectivity index (χ0) is 15.7. The lowest BCUT2D eigenvalue weighted by atomic mass is 10.1. The van der Waals surface area contributed by atoms with Gasteiger partial charge in [-0.25, -0.2) is 0 Å². The average Bonchev–Trinajstić information content (AvgIpc) is 2.43. The fraction of sp³-hybridized carbons (Fsp3) is 0.400. The van der Waals surface area contributed by atoms with Crippen LogP contribution in [0.3, 0.4) is 0 Å². The summed E-state index contributed by atoms with van der Waals surface area (Å²) in [5.41, 5.74) is 1.48. The molecule has 0 bridgehead atoms. The Hall–Kier alpha value is -2.00. The van der Waals surface area contributed by atoms with Gasteiger partial charge in [0, 0.05) is 24.9 Å². The number of alkyl halides is 3. The summed E-state index contributed by atoms with van der Waals surface area (Å²) in [6.45, 7) is 0.147. The average molecular weight is 299 g/mol. The summed E-state index contributed by atoms with van der Waals surface area (Å²) in [5, 5.41) is 11.1. The van der Waals surface area contributed by atoms with Crippen molar-refractivity contribution < 1.29 is 23.1 Å². The lowest BCUT2D eigenvalue weighted by molar-refractivity contribution is -0.144. The molecule has 1 amide bonds. The van der Waals surface area contributed by atoms with Crippen LogP contribution < -0.4 is 5.32 Å². The lowest BCUT2D eigenvalue weighted by Crippen LogP contribution is -2.24. The highest BCUT2D eigenvalue weighted by Crippen LogP contribution is 2.21. The predicted octanol–water partition coefficient (Wildman–Crippen LogP) is 2.38. The van der Waals surface area contributed by atoms with Crippen molar-refractivity contribution >= 4 is 5.91 Å². The first-order chi connectivity index (χ1) is 9.90. The summed E-state index contributed by atoms with van der Waals surface area (Å²) >= 11 is 0. The number of benzene rings is 1. The van der Waals surface area contributed by atoms with Crippen molar-refractivity contribution in [3.05, 3.63) is 35.4 Å². The molecule has 0 saturated carbocycles. The second-order valence-corrected chi connectivity index (χ2v) is 4.37. The number of halogens is 3. The van der Waals surface area contributed by atoms with Gasteiger partial charge in [-0.3, -0.25) is 4.79 Å². The first-order valence-corrected chi connectivity index (χ1v) is 6.43. The van der Waals surface area contributed by atoms with Crippen LogP contribution in [0.1, 0.15) is 30.4 Å². The quantitative estimate of drug-likeness (QED) is 0.820. The third-order valence-electron chi connectivity index (χ3n) is 2.52. The van der Waals surface area contributed by atoms with E-state index in [0.717, 1.165) is 11.1 Å². The van der Waals surface area contributed by atoms with Crippen molar-refractivity contribution in [1.82, 2.24) is 5.32 Å². The van der Waals surface area contributed by atoms with Gasteiger partial charge in [0.1, 0.15) is 0 Å². The number of amides is 1. The molecule has 1 aromatic carbocycles. The van der Waals surface area contributed by atoms with E-state index >= 15 is 0 Å². The van der Waals surface area contributed by atoms with Crippen molar-refractivity contribution in [2.45, 2.75) is 32.0 Å². The molecule has 3 nitrogen and oxygen atoms in total. The van der Waals surface area contributed by atoms with Crippen molar-refractivity contribution in [3.63, 3.8) is 0 Å². The number of carbonyl (C=O) groups is 1. The molecule has 21 heavy (non-hydrogen) atoms. The topological polar surface area (TPSA) is 49.3 Å². The largest absolute Gasteiger partial charge is 0.395 e. The van der Waals surface area contributed by atoms with Gasteiger partial charge in [0.2, 0.25) is 5.91 Å². The SMILES string of the molecule is O=C(CCC(F)(F)F)NCc1cccc(C#CCCO)c1. The predicted molar refractivity (Wildman–Crippen MR) is 72.2 cm³/mol. The molecule has 0 atom stereocenters. The fourth-order valence-electron chi connectivity index (χ4n) is 1.52. The molecule has 0 aliphatic carbocycles. The second-order valence-electron chi connectivity index (χ2n) is 4.37. The van der Waals surface area contributed by atoms with Crippen LogP contribution in [0.2, 0.25) is 0 Å². The molecule has 0 saturated heterocycles. The molecule has 0 aromatic heterocycles. The Morgan fingerprint density at radius 1 is 1.33 bits per heavy atom. The minimum Gasteiger partial charge on any atom is -0.395 e. The van der Waals surface area contributed by atoms with Gasteiger partial charge in [-0.1, -0.05) is 24.0 Å². The van der Waals surface area contributed by atoms with Gasteiger partial charge >= 0.3 is 6.18 Å². The highest BCUT2D eigenvalue weighted by atomic mass is 19.4. The standard InChI is InChI=1S/C15H16F3NO2/c16-15(17,18)8-7-14(21)19-11-13-6-3-5-12(10-13)4-1-2-9-20/h3,5-6,10,20H,2,7-9,11H2,(H,19,21). The van der Waals surface area contributed by atoms with Crippen molar-refractivity contribution in [3.8, 4) is 11.8 Å². The van der Waals surface area contributed by atoms with Crippen molar-refractivity contribution in [2.75, 3.05) is 6.61 Å². The maximum absolute atomic E-state index is 12.0. The van der Waals surface area contributed by atoms with Crippen LogP contribution in [0, 0.1) is 11.8 Å². The van der Waals surface area contributed by atoms with E-state index in [9.17, 15) is 18.0 Å². The lowest BCUT2D eigenvalue weighted by Gasteiger charge is -2.07. The monoisotopic (exact) mass is 299 g/mol.